The molecule has 0 bridgehead atoms. The number of amides is 1. The lowest BCUT2D eigenvalue weighted by atomic mass is 9.98. The summed E-state index contributed by atoms with van der Waals surface area (Å²) in [6.07, 6.45) is 51.8. The zero-order chi connectivity index (χ0) is 54.7. The van der Waals surface area contributed by atoms with Crippen molar-refractivity contribution in [3.63, 3.8) is 0 Å². The summed E-state index contributed by atoms with van der Waals surface area (Å²) in [5.74, 6) is -0.688. The van der Waals surface area contributed by atoms with E-state index in [1.165, 1.54) is 257 Å². The Hall–Kier alpha value is -0.890. The van der Waals surface area contributed by atoms with Gasteiger partial charge in [-0.15, -0.1) is 0 Å². The quantitative estimate of drug-likeness (QED) is 0.0272. The second-order valence-electron chi connectivity index (χ2n) is 23.6. The second kappa shape index (κ2) is 53.7. The first-order chi connectivity index (χ1) is 36.7. The highest BCUT2D eigenvalue weighted by Gasteiger charge is 2.44. The van der Waals surface area contributed by atoms with Crippen LogP contribution in [0, 0.1) is 0 Å². The Labute approximate surface area is 462 Å². The van der Waals surface area contributed by atoms with E-state index in [-0.39, 0.29) is 6.42 Å². The summed E-state index contributed by atoms with van der Waals surface area (Å²) in [6.45, 7) is 3.51. The van der Waals surface area contributed by atoms with Gasteiger partial charge in [-0.05, 0) is 12.8 Å². The Morgan fingerprint density at radius 2 is 0.693 bits per heavy atom. The average molecular weight is 1070 g/mol. The average Bonchev–Trinajstić information content (AvgIpc) is 3.41. The summed E-state index contributed by atoms with van der Waals surface area (Å²) < 4.78 is 11.2. The fourth-order valence-corrected chi connectivity index (χ4v) is 11.1. The van der Waals surface area contributed by atoms with Gasteiger partial charge in [0.25, 0.3) is 0 Å². The van der Waals surface area contributed by atoms with Gasteiger partial charge in [-0.3, -0.25) is 4.79 Å². The highest BCUT2D eigenvalue weighted by atomic mass is 16.7. The Morgan fingerprint density at radius 3 is 0.987 bits per heavy atom. The molecule has 0 aromatic carbocycles. The van der Waals surface area contributed by atoms with Crippen LogP contribution in [0.4, 0.5) is 0 Å². The van der Waals surface area contributed by atoms with Gasteiger partial charge in [0.15, 0.2) is 6.29 Å². The molecule has 8 N–H and O–H groups in total. The molecule has 75 heavy (non-hydrogen) atoms. The molecule has 1 saturated heterocycles. The van der Waals surface area contributed by atoms with E-state index in [4.69, 9.17) is 9.47 Å². The standard InChI is InChI=1S/C64H127NO10/c1-3-5-7-9-11-13-15-17-19-21-22-23-24-25-26-27-28-29-30-31-32-33-34-36-38-40-42-44-46-48-50-52-57(68)63(73)65-55(54-74-64-62(72)61(71)60(70)58(53-66)75-64)59(69)56(67)51-49-47-45-43-41-39-37-35-20-18-16-14-12-10-8-6-4-2/h55-62,64,66-72H,3-54H2,1-2H3,(H,65,73). The third kappa shape index (κ3) is 41.7. The van der Waals surface area contributed by atoms with Crippen LogP contribution >= 0.6 is 0 Å². The molecule has 1 aliphatic heterocycles. The van der Waals surface area contributed by atoms with E-state index in [0.717, 1.165) is 38.5 Å². The van der Waals surface area contributed by atoms with Crippen LogP contribution in [-0.2, 0) is 14.3 Å². The summed E-state index contributed by atoms with van der Waals surface area (Å²) >= 11 is 0. The van der Waals surface area contributed by atoms with Crippen LogP contribution in [0.1, 0.15) is 335 Å². The molecule has 1 aliphatic rings. The summed E-state index contributed by atoms with van der Waals surface area (Å²) in [5, 5.41) is 76.3. The predicted octanol–water partition coefficient (Wildman–Crippen LogP) is 14.9. The fraction of sp³-hybridized carbons (Fsp3) is 0.984. The lowest BCUT2D eigenvalue weighted by Gasteiger charge is -2.40. The summed E-state index contributed by atoms with van der Waals surface area (Å²) in [6, 6.07) is -1.16. The fourth-order valence-electron chi connectivity index (χ4n) is 11.1. The minimum atomic E-state index is -1.66. The Bertz CT molecular complexity index is 1180. The number of hydrogen-bond donors (Lipinski definition) is 8. The van der Waals surface area contributed by atoms with Gasteiger partial charge in [0.2, 0.25) is 5.91 Å². The topological polar surface area (TPSA) is 189 Å². The molecule has 448 valence electrons. The number of hydrogen-bond acceptors (Lipinski definition) is 10. The third-order valence-electron chi connectivity index (χ3n) is 16.4. The molecule has 0 aromatic heterocycles. The van der Waals surface area contributed by atoms with Crippen molar-refractivity contribution in [2.45, 2.75) is 390 Å². The van der Waals surface area contributed by atoms with Crippen molar-refractivity contribution >= 4 is 5.91 Å². The Morgan fingerprint density at radius 1 is 0.413 bits per heavy atom. The van der Waals surface area contributed by atoms with E-state index < -0.39 is 74.2 Å². The zero-order valence-corrected chi connectivity index (χ0v) is 49.3. The highest BCUT2D eigenvalue weighted by molar-refractivity contribution is 5.80. The summed E-state index contributed by atoms with van der Waals surface area (Å²) in [7, 11) is 0. The van der Waals surface area contributed by atoms with Crippen molar-refractivity contribution in [2.75, 3.05) is 13.2 Å². The first-order valence-corrected chi connectivity index (χ1v) is 32.9. The van der Waals surface area contributed by atoms with Crippen molar-refractivity contribution in [3.05, 3.63) is 0 Å². The van der Waals surface area contributed by atoms with Crippen LogP contribution in [0.2, 0.25) is 0 Å². The second-order valence-corrected chi connectivity index (χ2v) is 23.6. The predicted molar refractivity (Wildman–Crippen MR) is 312 cm³/mol. The van der Waals surface area contributed by atoms with Gasteiger partial charge in [0.1, 0.15) is 36.6 Å². The monoisotopic (exact) mass is 1070 g/mol. The molecule has 0 radical (unpaired) electrons. The normalized spacial score (nSPS) is 19.6. The van der Waals surface area contributed by atoms with Crippen LogP contribution in [0.5, 0.6) is 0 Å². The summed E-state index contributed by atoms with van der Waals surface area (Å²) in [4.78, 5) is 13.2. The van der Waals surface area contributed by atoms with Crippen LogP contribution in [0.15, 0.2) is 0 Å². The molecular weight excluding hydrogens is 943 g/mol. The molecular formula is C64H127NO10. The largest absolute Gasteiger partial charge is 0.394 e. The van der Waals surface area contributed by atoms with Gasteiger partial charge in [-0.1, -0.05) is 322 Å². The molecule has 0 saturated carbocycles. The lowest BCUT2D eigenvalue weighted by molar-refractivity contribution is -0.303. The molecule has 1 fully saturated rings. The Balaban J connectivity index is 2.18. The van der Waals surface area contributed by atoms with Gasteiger partial charge in [-0.25, -0.2) is 0 Å². The van der Waals surface area contributed by atoms with E-state index in [1.54, 1.807) is 0 Å². The van der Waals surface area contributed by atoms with E-state index >= 15 is 0 Å². The van der Waals surface area contributed by atoms with Gasteiger partial charge in [0.05, 0.1) is 25.4 Å². The molecule has 11 heteroatoms. The van der Waals surface area contributed by atoms with Crippen LogP contribution < -0.4 is 5.32 Å². The van der Waals surface area contributed by atoms with E-state index in [0.29, 0.717) is 19.3 Å². The minimum absolute atomic E-state index is 0.267. The van der Waals surface area contributed by atoms with Crippen molar-refractivity contribution in [3.8, 4) is 0 Å². The van der Waals surface area contributed by atoms with Crippen LogP contribution in [0.3, 0.4) is 0 Å². The minimum Gasteiger partial charge on any atom is -0.394 e. The van der Waals surface area contributed by atoms with Crippen molar-refractivity contribution in [2.24, 2.45) is 0 Å². The maximum Gasteiger partial charge on any atom is 0.249 e. The number of ether oxygens (including phenoxy) is 2. The van der Waals surface area contributed by atoms with Crippen LogP contribution in [0.25, 0.3) is 0 Å². The molecule has 9 unspecified atom stereocenters. The van der Waals surface area contributed by atoms with Gasteiger partial charge in [-0.2, -0.15) is 0 Å². The lowest BCUT2D eigenvalue weighted by Crippen LogP contribution is -2.60. The number of carbonyl (C=O) groups is 1. The number of carbonyl (C=O) groups excluding carboxylic acids is 1. The smallest absolute Gasteiger partial charge is 0.249 e. The molecule has 1 rings (SSSR count). The van der Waals surface area contributed by atoms with Gasteiger partial charge < -0.3 is 50.5 Å². The number of unbranched alkanes of at least 4 members (excludes halogenated alkanes) is 46. The van der Waals surface area contributed by atoms with E-state index in [1.807, 2.05) is 0 Å². The molecule has 1 heterocycles. The molecule has 1 amide bonds. The molecule has 0 aromatic rings. The van der Waals surface area contributed by atoms with E-state index in [2.05, 4.69) is 19.2 Å². The van der Waals surface area contributed by atoms with Gasteiger partial charge >= 0.3 is 0 Å². The highest BCUT2D eigenvalue weighted by Crippen LogP contribution is 2.24. The first kappa shape index (κ1) is 72.1. The van der Waals surface area contributed by atoms with E-state index in [9.17, 15) is 40.5 Å². The zero-order valence-electron chi connectivity index (χ0n) is 49.3. The first-order valence-electron chi connectivity index (χ1n) is 32.9. The molecule has 0 aliphatic carbocycles. The summed E-state index contributed by atoms with van der Waals surface area (Å²) in [5.41, 5.74) is 0. The number of rotatable bonds is 58. The van der Waals surface area contributed by atoms with Gasteiger partial charge in [0, 0.05) is 0 Å². The SMILES string of the molecule is CCCCCCCCCCCCCCCCCCCCCCCCCCCCCCCCCC(O)C(=O)NC(COC1OC(CO)C(O)C(O)C1O)C(O)C(O)CCCCCCCCCCCCCCCCCCC. The molecule has 0 spiro atoms. The van der Waals surface area contributed by atoms with Crippen molar-refractivity contribution in [1.82, 2.24) is 5.32 Å². The van der Waals surface area contributed by atoms with Crippen molar-refractivity contribution in [1.29, 1.82) is 0 Å². The molecule has 11 nitrogen and oxygen atoms in total. The van der Waals surface area contributed by atoms with Crippen LogP contribution in [-0.4, -0.2) is 110 Å². The molecule has 9 atom stereocenters. The Kier molecular flexibility index (Phi) is 51.7. The third-order valence-corrected chi connectivity index (χ3v) is 16.4. The maximum atomic E-state index is 13.2. The number of aliphatic hydroxyl groups is 7. The maximum absolute atomic E-state index is 13.2. The number of aliphatic hydroxyl groups excluding tert-OH is 7. The van der Waals surface area contributed by atoms with Crippen molar-refractivity contribution < 1.29 is 50.0 Å². The number of nitrogens with one attached hydrogen (secondary N) is 1.